The van der Waals surface area contributed by atoms with Crippen molar-refractivity contribution in [3.63, 3.8) is 0 Å². The highest BCUT2D eigenvalue weighted by molar-refractivity contribution is 5.93. The minimum absolute atomic E-state index is 0.154. The average Bonchev–Trinajstić information content (AvgIpc) is 3.50. The summed E-state index contributed by atoms with van der Waals surface area (Å²) in [5, 5.41) is 5.57. The van der Waals surface area contributed by atoms with Crippen LogP contribution in [0.25, 0.3) is 0 Å². The number of carbonyl (C=O) groups is 4. The second kappa shape index (κ2) is 24.4. The summed E-state index contributed by atoms with van der Waals surface area (Å²) < 4.78 is 21.9. The predicted octanol–water partition coefficient (Wildman–Crippen LogP) is 8.90. The van der Waals surface area contributed by atoms with Crippen molar-refractivity contribution < 1.29 is 38.1 Å². The molecule has 0 aliphatic heterocycles. The first-order valence-corrected chi connectivity index (χ1v) is 19.9. The van der Waals surface area contributed by atoms with Gasteiger partial charge in [0.05, 0.1) is 24.3 Å². The van der Waals surface area contributed by atoms with Crippen LogP contribution in [0.15, 0.2) is 107 Å². The molecular formula is C46H52N2O10. The Morgan fingerprint density at radius 3 is 1.19 bits per heavy atom. The van der Waals surface area contributed by atoms with Gasteiger partial charge >= 0.3 is 11.9 Å². The van der Waals surface area contributed by atoms with Gasteiger partial charge in [0.25, 0.3) is 0 Å². The van der Waals surface area contributed by atoms with Crippen molar-refractivity contribution in [2.75, 3.05) is 23.8 Å². The van der Waals surface area contributed by atoms with Crippen LogP contribution in [0.2, 0.25) is 0 Å². The number of nitrogens with one attached hydrogen (secondary N) is 2. The zero-order valence-corrected chi connectivity index (χ0v) is 33.2. The molecule has 4 aromatic carbocycles. The summed E-state index contributed by atoms with van der Waals surface area (Å²) >= 11 is 0. The van der Waals surface area contributed by atoms with Gasteiger partial charge in [-0.1, -0.05) is 52.4 Å². The van der Waals surface area contributed by atoms with Crippen molar-refractivity contribution in [3.8, 4) is 23.0 Å². The van der Waals surface area contributed by atoms with Gasteiger partial charge in [-0.2, -0.15) is 0 Å². The molecule has 12 nitrogen and oxygen atoms in total. The van der Waals surface area contributed by atoms with Gasteiger partial charge in [0.2, 0.25) is 22.7 Å². The van der Waals surface area contributed by atoms with E-state index in [1.807, 2.05) is 0 Å². The Bertz CT molecular complexity index is 1930. The predicted molar refractivity (Wildman–Crippen MR) is 223 cm³/mol. The van der Waals surface area contributed by atoms with Crippen LogP contribution >= 0.6 is 0 Å². The molecule has 0 spiro atoms. The molecular weight excluding hydrogens is 741 g/mol. The third-order valence-electron chi connectivity index (χ3n) is 8.89. The van der Waals surface area contributed by atoms with Gasteiger partial charge in [0.15, 0.2) is 11.5 Å². The van der Waals surface area contributed by atoms with Crippen LogP contribution in [0.1, 0.15) is 112 Å². The normalized spacial score (nSPS) is 10.6. The maximum atomic E-state index is 12.6. The van der Waals surface area contributed by atoms with E-state index < -0.39 is 22.8 Å². The highest BCUT2D eigenvalue weighted by Crippen LogP contribution is 2.18. The Morgan fingerprint density at radius 2 is 0.810 bits per heavy atom. The summed E-state index contributed by atoms with van der Waals surface area (Å²) in [5.41, 5.74) is 0.357. The largest absolute Gasteiger partial charge is 0.494 e. The highest BCUT2D eigenvalue weighted by Gasteiger charge is 2.13. The molecule has 0 aromatic heterocycles. The number of hydrogen-bond donors (Lipinski definition) is 2. The van der Waals surface area contributed by atoms with Gasteiger partial charge in [-0.25, -0.2) is 9.59 Å². The molecule has 0 radical (unpaired) electrons. The number of carbonyl (C=O) groups excluding carboxylic acids is 4. The number of rotatable bonds is 23. The number of hydrogen-bond acceptors (Lipinski definition) is 10. The molecule has 0 bridgehead atoms. The number of anilines is 2. The fraction of sp³-hybridized carbons (Fsp3) is 0.348. The lowest BCUT2D eigenvalue weighted by Gasteiger charge is -2.06. The van der Waals surface area contributed by atoms with Gasteiger partial charge in [-0.3, -0.25) is 19.2 Å². The zero-order chi connectivity index (χ0) is 41.5. The summed E-state index contributed by atoms with van der Waals surface area (Å²) in [4.78, 5) is 75.4. The maximum absolute atomic E-state index is 12.6. The number of unbranched alkanes of at least 4 members (excludes halogenated alkanes) is 7. The van der Waals surface area contributed by atoms with Crippen LogP contribution in [0, 0.1) is 0 Å². The second-order valence-electron chi connectivity index (χ2n) is 13.7. The Morgan fingerprint density at radius 1 is 0.448 bits per heavy atom. The van der Waals surface area contributed by atoms with Crippen molar-refractivity contribution in [2.45, 2.75) is 90.9 Å². The van der Waals surface area contributed by atoms with E-state index in [2.05, 4.69) is 24.5 Å². The minimum atomic E-state index is -0.679. The van der Waals surface area contributed by atoms with Crippen LogP contribution in [0.3, 0.4) is 0 Å². The molecule has 4 aromatic rings. The van der Waals surface area contributed by atoms with E-state index in [4.69, 9.17) is 18.9 Å². The molecule has 58 heavy (non-hydrogen) atoms. The van der Waals surface area contributed by atoms with Crippen LogP contribution in [0.4, 0.5) is 11.4 Å². The minimum Gasteiger partial charge on any atom is -0.494 e. The van der Waals surface area contributed by atoms with E-state index in [-0.39, 0.29) is 34.4 Å². The average molecular weight is 793 g/mol. The Hall–Kier alpha value is -6.30. The van der Waals surface area contributed by atoms with Gasteiger partial charge < -0.3 is 29.6 Å². The van der Waals surface area contributed by atoms with Gasteiger partial charge in [0, 0.05) is 24.2 Å². The molecule has 2 N–H and O–H groups in total. The van der Waals surface area contributed by atoms with Crippen molar-refractivity contribution in [3.05, 3.63) is 129 Å². The highest BCUT2D eigenvalue weighted by atomic mass is 16.5. The number of ether oxygens (including phenoxy) is 4. The van der Waals surface area contributed by atoms with E-state index in [9.17, 15) is 28.8 Å². The lowest BCUT2D eigenvalue weighted by atomic mass is 10.1. The van der Waals surface area contributed by atoms with Gasteiger partial charge in [-0.15, -0.1) is 0 Å². The molecule has 0 atom stereocenters. The zero-order valence-electron chi connectivity index (χ0n) is 33.2. The molecule has 0 saturated heterocycles. The van der Waals surface area contributed by atoms with Gasteiger partial charge in [0.1, 0.15) is 11.5 Å². The van der Waals surface area contributed by atoms with E-state index in [0.717, 1.165) is 51.4 Å². The summed E-state index contributed by atoms with van der Waals surface area (Å²) in [6, 6.07) is 24.2. The molecule has 0 unspecified atom stereocenters. The van der Waals surface area contributed by atoms with E-state index in [0.29, 0.717) is 61.8 Å². The molecule has 12 heteroatoms. The molecule has 0 saturated carbocycles. The van der Waals surface area contributed by atoms with Crippen LogP contribution in [-0.4, -0.2) is 37.0 Å². The van der Waals surface area contributed by atoms with Crippen LogP contribution in [-0.2, 0) is 9.59 Å². The van der Waals surface area contributed by atoms with Crippen LogP contribution < -0.4 is 40.4 Å². The van der Waals surface area contributed by atoms with Crippen molar-refractivity contribution >= 4 is 35.1 Å². The maximum Gasteiger partial charge on any atom is 0.343 e. The van der Waals surface area contributed by atoms with E-state index >= 15 is 0 Å². The first-order valence-electron chi connectivity index (χ1n) is 19.9. The summed E-state index contributed by atoms with van der Waals surface area (Å²) in [5.74, 6) is -0.769. The lowest BCUT2D eigenvalue weighted by molar-refractivity contribution is -0.117. The topological polar surface area (TPSA) is 163 Å². The summed E-state index contributed by atoms with van der Waals surface area (Å²) in [6.07, 6.45) is 9.31. The number of esters is 2. The summed E-state index contributed by atoms with van der Waals surface area (Å²) in [6.45, 7) is 5.32. The van der Waals surface area contributed by atoms with Crippen molar-refractivity contribution in [1.29, 1.82) is 0 Å². The fourth-order valence-electron chi connectivity index (χ4n) is 5.52. The molecule has 0 fully saturated rings. The summed E-state index contributed by atoms with van der Waals surface area (Å²) in [7, 11) is 0. The Kier molecular flexibility index (Phi) is 18.7. The first-order chi connectivity index (χ1) is 28.1. The molecule has 2 amide bonds. The van der Waals surface area contributed by atoms with E-state index in [1.54, 1.807) is 48.5 Å². The molecule has 4 rings (SSSR count). The molecule has 0 aliphatic rings. The molecule has 306 valence electrons. The SMILES string of the molecule is CCCCOc1ccc(C(=O)Oc2ccc(NC(=O)CCCCCCCCC(=O)Nc3ccc(OC(=O)c4ccc(OCCCC)cc4)c(=O)cc3)ccc2=O)cc1. The monoisotopic (exact) mass is 792 g/mol. The molecule has 0 heterocycles. The first kappa shape index (κ1) is 44.4. The van der Waals surface area contributed by atoms with E-state index in [1.165, 1.54) is 48.5 Å². The lowest BCUT2D eigenvalue weighted by Crippen LogP contribution is -2.13. The Labute approximate surface area is 338 Å². The quantitative estimate of drug-likeness (QED) is 0.0548. The number of benzene rings is 2. The molecule has 0 aliphatic carbocycles. The smallest absolute Gasteiger partial charge is 0.343 e. The van der Waals surface area contributed by atoms with Crippen molar-refractivity contribution in [1.82, 2.24) is 0 Å². The third-order valence-corrected chi connectivity index (χ3v) is 8.89. The fourth-order valence-corrected chi connectivity index (χ4v) is 5.52. The van der Waals surface area contributed by atoms with Gasteiger partial charge in [-0.05, 0) is 123 Å². The standard InChI is InChI=1S/C46H52N2O10/c1-3-5-31-55-37-23-15-33(16-24-37)45(53)57-41-29-21-35(19-27-39(41)49)47-43(51)13-11-9-7-8-10-12-14-44(52)48-36-20-28-40(50)42(30-22-36)58-46(54)34-17-25-38(26-18-34)56-32-6-4-2/h15-30H,3-14,31-32H2,1-2H3,(H,47,51)(H,48,52). The second-order valence-corrected chi connectivity index (χ2v) is 13.7. The Balaban J connectivity index is 1.10. The third kappa shape index (κ3) is 15.7. The number of amides is 2. The van der Waals surface area contributed by atoms with Crippen molar-refractivity contribution in [2.24, 2.45) is 0 Å². The van der Waals surface area contributed by atoms with Crippen LogP contribution in [0.5, 0.6) is 23.0 Å².